The van der Waals surface area contributed by atoms with Crippen molar-refractivity contribution in [1.82, 2.24) is 0 Å². The van der Waals surface area contributed by atoms with Gasteiger partial charge in [-0.3, -0.25) is 0 Å². The summed E-state index contributed by atoms with van der Waals surface area (Å²) >= 11 is 0. The third-order valence-electron chi connectivity index (χ3n) is 6.65. The van der Waals surface area contributed by atoms with Gasteiger partial charge >= 0.3 is 0 Å². The predicted molar refractivity (Wildman–Crippen MR) is 105 cm³/mol. The molecule has 0 atom stereocenters. The average Bonchev–Trinajstić information content (AvgIpc) is 2.51. The predicted octanol–water partition coefficient (Wildman–Crippen LogP) is 6.65. The lowest BCUT2D eigenvalue weighted by atomic mass is 9.80. The highest BCUT2D eigenvalue weighted by Gasteiger charge is 2.34. The van der Waals surface area contributed by atoms with Crippen molar-refractivity contribution in [3.8, 4) is 5.75 Å². The molecule has 0 aliphatic carbocycles. The van der Waals surface area contributed by atoms with Gasteiger partial charge < -0.3 is 4.74 Å². The van der Waals surface area contributed by atoms with Crippen LogP contribution < -0.4 is 4.74 Å². The molecule has 0 aromatic heterocycles. The molecule has 24 heavy (non-hydrogen) atoms. The Hall–Kier alpha value is -1.76. The Morgan fingerprint density at radius 2 is 1.04 bits per heavy atom. The first-order chi connectivity index (χ1) is 11.0. The van der Waals surface area contributed by atoms with Crippen molar-refractivity contribution in [2.24, 2.45) is 0 Å². The van der Waals surface area contributed by atoms with Gasteiger partial charge in [0, 0.05) is 10.9 Å². The van der Waals surface area contributed by atoms with Crippen LogP contribution in [-0.4, -0.2) is 5.60 Å². The smallest absolute Gasteiger partial charge is 0.136 e. The second kappa shape index (κ2) is 5.12. The minimum Gasteiger partial charge on any atom is -0.482 e. The van der Waals surface area contributed by atoms with Crippen LogP contribution in [0.5, 0.6) is 5.75 Å². The van der Waals surface area contributed by atoms with Gasteiger partial charge in [-0.1, -0.05) is 0 Å². The SMILES string of the molecule is CC1=C(C)C(C)(C)Oc2c1c(C)c(C)c1c(C)c(C)c(C)c(C)c21. The van der Waals surface area contributed by atoms with Crippen LogP contribution in [0.2, 0.25) is 0 Å². The standard InChI is InChI=1S/C23H30O/c1-11-12(2)14(4)21-19(13(11)3)15(5)16(6)20-17(7)18(8)23(9,10)24-22(20)21/h1-10H3. The first kappa shape index (κ1) is 17.1. The second-order valence-corrected chi connectivity index (χ2v) is 8.07. The third-order valence-corrected chi connectivity index (χ3v) is 6.65. The molecule has 128 valence electrons. The maximum absolute atomic E-state index is 6.62. The summed E-state index contributed by atoms with van der Waals surface area (Å²) < 4.78 is 6.62. The van der Waals surface area contributed by atoms with E-state index in [9.17, 15) is 0 Å². The van der Waals surface area contributed by atoms with E-state index in [1.54, 1.807) is 0 Å². The Kier molecular flexibility index (Phi) is 3.64. The summed E-state index contributed by atoms with van der Waals surface area (Å²) in [4.78, 5) is 0. The molecule has 1 aliphatic rings. The molecule has 0 saturated heterocycles. The molecule has 0 spiro atoms. The molecule has 1 aliphatic heterocycles. The topological polar surface area (TPSA) is 9.23 Å². The molecular formula is C23H30O. The molecule has 1 heteroatoms. The fraction of sp³-hybridized carbons (Fsp3) is 0.478. The summed E-state index contributed by atoms with van der Waals surface area (Å²) in [5.41, 5.74) is 12.0. The number of rotatable bonds is 0. The van der Waals surface area contributed by atoms with Crippen molar-refractivity contribution in [1.29, 1.82) is 0 Å². The van der Waals surface area contributed by atoms with Gasteiger partial charge in [-0.05, 0) is 119 Å². The van der Waals surface area contributed by atoms with E-state index in [0.29, 0.717) is 0 Å². The summed E-state index contributed by atoms with van der Waals surface area (Å²) in [6.07, 6.45) is 0. The van der Waals surface area contributed by atoms with E-state index >= 15 is 0 Å². The summed E-state index contributed by atoms with van der Waals surface area (Å²) in [5, 5.41) is 2.70. The number of hydrogen-bond donors (Lipinski definition) is 0. The van der Waals surface area contributed by atoms with Crippen LogP contribution in [0.25, 0.3) is 16.3 Å². The van der Waals surface area contributed by atoms with E-state index in [4.69, 9.17) is 4.74 Å². The highest BCUT2D eigenvalue weighted by atomic mass is 16.5. The molecule has 0 N–H and O–H groups in total. The van der Waals surface area contributed by atoms with Gasteiger partial charge in [-0.25, -0.2) is 0 Å². The first-order valence-electron chi connectivity index (χ1n) is 8.91. The Bertz CT molecular complexity index is 924. The van der Waals surface area contributed by atoms with Crippen molar-refractivity contribution >= 4 is 16.3 Å². The minimum atomic E-state index is -0.259. The molecule has 0 unspecified atom stereocenters. The molecule has 0 saturated carbocycles. The van der Waals surface area contributed by atoms with Crippen molar-refractivity contribution < 1.29 is 4.74 Å². The maximum atomic E-state index is 6.62. The van der Waals surface area contributed by atoms with Gasteiger partial charge in [0.25, 0.3) is 0 Å². The number of benzene rings is 2. The minimum absolute atomic E-state index is 0.259. The molecule has 2 aromatic carbocycles. The van der Waals surface area contributed by atoms with Gasteiger partial charge in [0.15, 0.2) is 0 Å². The van der Waals surface area contributed by atoms with E-state index in [1.807, 2.05) is 0 Å². The molecule has 0 fully saturated rings. The maximum Gasteiger partial charge on any atom is 0.136 e. The lowest BCUT2D eigenvalue weighted by Gasteiger charge is -2.37. The van der Waals surface area contributed by atoms with Gasteiger partial charge in [-0.2, -0.15) is 0 Å². The van der Waals surface area contributed by atoms with E-state index in [0.717, 1.165) is 5.75 Å². The fourth-order valence-electron chi connectivity index (χ4n) is 4.26. The van der Waals surface area contributed by atoms with Crippen LogP contribution in [0.15, 0.2) is 5.57 Å². The zero-order chi connectivity index (χ0) is 18.1. The summed E-state index contributed by atoms with van der Waals surface area (Å²) in [6.45, 7) is 22.3. The highest BCUT2D eigenvalue weighted by Crippen LogP contribution is 2.49. The molecule has 1 nitrogen and oxygen atoms in total. The number of hydrogen-bond acceptors (Lipinski definition) is 1. The molecule has 0 bridgehead atoms. The van der Waals surface area contributed by atoms with Crippen LogP contribution >= 0.6 is 0 Å². The fourth-order valence-corrected chi connectivity index (χ4v) is 4.26. The quantitative estimate of drug-likeness (QED) is 0.527. The third kappa shape index (κ3) is 2.00. The van der Waals surface area contributed by atoms with E-state index in [2.05, 4.69) is 69.2 Å². The number of ether oxygens (including phenoxy) is 1. The van der Waals surface area contributed by atoms with Crippen LogP contribution in [0.3, 0.4) is 0 Å². The second-order valence-electron chi connectivity index (χ2n) is 8.07. The Labute approximate surface area is 146 Å². The highest BCUT2D eigenvalue weighted by molar-refractivity contribution is 6.03. The molecule has 3 rings (SSSR count). The summed E-state index contributed by atoms with van der Waals surface area (Å²) in [6, 6.07) is 0. The molecule has 2 aromatic rings. The van der Waals surface area contributed by atoms with E-state index in [1.165, 1.54) is 60.9 Å². The largest absolute Gasteiger partial charge is 0.482 e. The Balaban J connectivity index is 2.64. The average molecular weight is 322 g/mol. The molecule has 1 heterocycles. The number of allylic oxidation sites excluding steroid dienone is 1. The monoisotopic (exact) mass is 322 g/mol. The summed E-state index contributed by atoms with van der Waals surface area (Å²) in [7, 11) is 0. The van der Waals surface area contributed by atoms with Crippen LogP contribution in [0.1, 0.15) is 66.6 Å². The number of aryl methyl sites for hydroxylation is 3. The number of fused-ring (bicyclic) bond motifs is 3. The molecule has 0 amide bonds. The molecular weight excluding hydrogens is 292 g/mol. The first-order valence-corrected chi connectivity index (χ1v) is 8.91. The van der Waals surface area contributed by atoms with Gasteiger partial charge in [0.1, 0.15) is 11.4 Å². The summed E-state index contributed by atoms with van der Waals surface area (Å²) in [5.74, 6) is 1.09. The lowest BCUT2D eigenvalue weighted by molar-refractivity contribution is 0.146. The van der Waals surface area contributed by atoms with Gasteiger partial charge in [0.2, 0.25) is 0 Å². The Morgan fingerprint density at radius 1 is 0.583 bits per heavy atom. The van der Waals surface area contributed by atoms with Crippen LogP contribution in [-0.2, 0) is 0 Å². The van der Waals surface area contributed by atoms with Crippen molar-refractivity contribution in [3.05, 3.63) is 44.5 Å². The Morgan fingerprint density at radius 3 is 1.58 bits per heavy atom. The zero-order valence-electron chi connectivity index (χ0n) is 16.9. The van der Waals surface area contributed by atoms with E-state index in [-0.39, 0.29) is 5.60 Å². The van der Waals surface area contributed by atoms with Gasteiger partial charge in [0.05, 0.1) is 0 Å². The van der Waals surface area contributed by atoms with Crippen LogP contribution in [0, 0.1) is 41.5 Å². The van der Waals surface area contributed by atoms with Crippen molar-refractivity contribution in [2.75, 3.05) is 0 Å². The normalized spacial score (nSPS) is 16.4. The lowest BCUT2D eigenvalue weighted by Crippen LogP contribution is -2.33. The molecule has 0 radical (unpaired) electrons. The van der Waals surface area contributed by atoms with Crippen molar-refractivity contribution in [3.63, 3.8) is 0 Å². The van der Waals surface area contributed by atoms with Gasteiger partial charge in [-0.15, -0.1) is 0 Å². The van der Waals surface area contributed by atoms with E-state index < -0.39 is 0 Å². The van der Waals surface area contributed by atoms with Crippen LogP contribution in [0.4, 0.5) is 0 Å². The zero-order valence-corrected chi connectivity index (χ0v) is 16.9. The van der Waals surface area contributed by atoms with Crippen molar-refractivity contribution in [2.45, 2.75) is 74.8 Å².